The Bertz CT molecular complexity index is 1000. The Morgan fingerprint density at radius 3 is 2.58 bits per heavy atom. The Labute approximate surface area is 152 Å². The largest absolute Gasteiger partial charge is 0.349 e. The van der Waals surface area contributed by atoms with Gasteiger partial charge in [-0.1, -0.05) is 35.4 Å². The molecule has 5 nitrogen and oxygen atoms in total. The zero-order valence-corrected chi connectivity index (χ0v) is 14.8. The molecule has 0 aliphatic heterocycles. The second kappa shape index (κ2) is 7.27. The van der Waals surface area contributed by atoms with Crippen molar-refractivity contribution in [2.75, 3.05) is 11.9 Å². The molecule has 0 fully saturated rings. The van der Waals surface area contributed by atoms with E-state index in [1.165, 1.54) is 0 Å². The van der Waals surface area contributed by atoms with Gasteiger partial charge in [0.25, 0.3) is 11.8 Å². The van der Waals surface area contributed by atoms with Crippen LogP contribution >= 0.6 is 0 Å². The Kier molecular flexibility index (Phi) is 4.89. The number of hydrogen-bond donors (Lipinski definition) is 3. The second-order valence-corrected chi connectivity index (χ2v) is 6.25. The van der Waals surface area contributed by atoms with Crippen molar-refractivity contribution < 1.29 is 9.59 Å². The van der Waals surface area contributed by atoms with E-state index >= 15 is 0 Å². The summed E-state index contributed by atoms with van der Waals surface area (Å²) in [6, 6.07) is 13.1. The zero-order chi connectivity index (χ0) is 18.7. The summed E-state index contributed by atoms with van der Waals surface area (Å²) >= 11 is 0. The van der Waals surface area contributed by atoms with Gasteiger partial charge in [-0.3, -0.25) is 9.59 Å². The highest BCUT2D eigenvalue weighted by atomic mass is 16.2. The first-order valence-corrected chi connectivity index (χ1v) is 8.39. The minimum atomic E-state index is -0.293. The van der Waals surface area contributed by atoms with Crippen molar-refractivity contribution in [1.82, 2.24) is 10.3 Å². The lowest BCUT2D eigenvalue weighted by atomic mass is 10.1. The molecule has 0 spiro atoms. The summed E-state index contributed by atoms with van der Waals surface area (Å²) in [6.07, 6.45) is 1.61. The van der Waals surface area contributed by atoms with Crippen LogP contribution in [0.1, 0.15) is 32.0 Å². The van der Waals surface area contributed by atoms with Gasteiger partial charge in [0, 0.05) is 23.0 Å². The predicted molar refractivity (Wildman–Crippen MR) is 105 cm³/mol. The molecular formula is C21H21N3O2. The van der Waals surface area contributed by atoms with Gasteiger partial charge in [0.05, 0.1) is 5.69 Å². The number of nitrogens with one attached hydrogen (secondary N) is 3. The molecule has 0 bridgehead atoms. The third-order valence-corrected chi connectivity index (χ3v) is 4.11. The summed E-state index contributed by atoms with van der Waals surface area (Å²) in [5.74, 6) is -0.549. The van der Waals surface area contributed by atoms with Crippen LogP contribution in [0.3, 0.4) is 0 Å². The molecule has 0 radical (unpaired) electrons. The van der Waals surface area contributed by atoms with E-state index in [-0.39, 0.29) is 11.8 Å². The highest BCUT2D eigenvalue weighted by molar-refractivity contribution is 6.15. The third kappa shape index (κ3) is 3.52. The molecule has 0 saturated heterocycles. The van der Waals surface area contributed by atoms with Crippen molar-refractivity contribution >= 4 is 28.4 Å². The highest BCUT2D eigenvalue weighted by Crippen LogP contribution is 2.29. The predicted octanol–water partition coefficient (Wildman–Crippen LogP) is 3.95. The average molecular weight is 347 g/mol. The minimum Gasteiger partial charge on any atom is -0.349 e. The molecule has 0 aliphatic carbocycles. The standard InChI is InChI=1S/C21H21N3O2/c1-4-10-22-21(26)19-18(16-12-14(3)8-9-17(16)23-19)24-20(25)15-7-5-6-13(2)11-15/h4-9,11-12,23H,1,10H2,2-3H3,(H,22,26)(H,24,25). The van der Waals surface area contributed by atoms with E-state index in [0.717, 1.165) is 22.0 Å². The van der Waals surface area contributed by atoms with E-state index in [9.17, 15) is 9.59 Å². The van der Waals surface area contributed by atoms with Crippen molar-refractivity contribution in [3.05, 3.63) is 77.5 Å². The molecule has 2 amide bonds. The molecule has 0 atom stereocenters. The Morgan fingerprint density at radius 1 is 1.08 bits per heavy atom. The van der Waals surface area contributed by atoms with Crippen LogP contribution in [0.25, 0.3) is 10.9 Å². The summed E-state index contributed by atoms with van der Waals surface area (Å²) in [5.41, 5.74) is 4.19. The number of aromatic nitrogens is 1. The lowest BCUT2D eigenvalue weighted by Crippen LogP contribution is -2.25. The van der Waals surface area contributed by atoms with Gasteiger partial charge in [-0.25, -0.2) is 0 Å². The van der Waals surface area contributed by atoms with Gasteiger partial charge in [-0.2, -0.15) is 0 Å². The highest BCUT2D eigenvalue weighted by Gasteiger charge is 2.20. The maximum atomic E-state index is 12.7. The van der Waals surface area contributed by atoms with Crippen LogP contribution in [0, 0.1) is 13.8 Å². The number of H-pyrrole nitrogens is 1. The van der Waals surface area contributed by atoms with E-state index in [1.807, 2.05) is 50.2 Å². The molecule has 0 unspecified atom stereocenters. The normalized spacial score (nSPS) is 10.5. The van der Waals surface area contributed by atoms with Crippen molar-refractivity contribution in [3.8, 4) is 0 Å². The van der Waals surface area contributed by atoms with Gasteiger partial charge in [-0.15, -0.1) is 6.58 Å². The number of amides is 2. The molecule has 26 heavy (non-hydrogen) atoms. The first kappa shape index (κ1) is 17.5. The monoisotopic (exact) mass is 347 g/mol. The van der Waals surface area contributed by atoms with Crippen LogP contribution in [-0.4, -0.2) is 23.3 Å². The number of fused-ring (bicyclic) bond motifs is 1. The van der Waals surface area contributed by atoms with E-state index in [0.29, 0.717) is 23.5 Å². The molecule has 1 aromatic heterocycles. The van der Waals surface area contributed by atoms with Crippen LogP contribution < -0.4 is 10.6 Å². The zero-order valence-electron chi connectivity index (χ0n) is 14.8. The van der Waals surface area contributed by atoms with Crippen LogP contribution in [0.15, 0.2) is 55.1 Å². The summed E-state index contributed by atoms with van der Waals surface area (Å²) in [5, 5.41) is 6.45. The number of carbonyl (C=O) groups is 2. The Hall–Kier alpha value is -3.34. The fourth-order valence-corrected chi connectivity index (χ4v) is 2.83. The summed E-state index contributed by atoms with van der Waals surface area (Å²) < 4.78 is 0. The molecule has 3 aromatic rings. The second-order valence-electron chi connectivity index (χ2n) is 6.25. The number of benzene rings is 2. The van der Waals surface area contributed by atoms with Crippen LogP contribution in [0.2, 0.25) is 0 Å². The van der Waals surface area contributed by atoms with E-state index in [2.05, 4.69) is 22.2 Å². The lowest BCUT2D eigenvalue weighted by Gasteiger charge is -2.08. The van der Waals surface area contributed by atoms with Gasteiger partial charge in [0.15, 0.2) is 0 Å². The summed E-state index contributed by atoms with van der Waals surface area (Å²) in [4.78, 5) is 28.3. The molecule has 3 N–H and O–H groups in total. The molecule has 132 valence electrons. The van der Waals surface area contributed by atoms with Crippen LogP contribution in [0.5, 0.6) is 0 Å². The third-order valence-electron chi connectivity index (χ3n) is 4.11. The fourth-order valence-electron chi connectivity index (χ4n) is 2.83. The fraction of sp³-hybridized carbons (Fsp3) is 0.143. The van der Waals surface area contributed by atoms with E-state index < -0.39 is 0 Å². The quantitative estimate of drug-likeness (QED) is 0.611. The minimum absolute atomic E-state index is 0.256. The molecule has 0 aliphatic rings. The van der Waals surface area contributed by atoms with Gasteiger partial charge in [0.1, 0.15) is 5.69 Å². The topological polar surface area (TPSA) is 74.0 Å². The summed E-state index contributed by atoms with van der Waals surface area (Å²) in [6.45, 7) is 7.85. The number of aromatic amines is 1. The maximum Gasteiger partial charge on any atom is 0.270 e. The lowest BCUT2D eigenvalue weighted by molar-refractivity contribution is 0.0955. The van der Waals surface area contributed by atoms with Gasteiger partial charge >= 0.3 is 0 Å². The molecule has 3 rings (SSSR count). The first-order valence-electron chi connectivity index (χ1n) is 8.39. The van der Waals surface area contributed by atoms with Crippen molar-refractivity contribution in [1.29, 1.82) is 0 Å². The molecule has 0 saturated carbocycles. The van der Waals surface area contributed by atoms with Crippen LogP contribution in [-0.2, 0) is 0 Å². The summed E-state index contributed by atoms with van der Waals surface area (Å²) in [7, 11) is 0. The average Bonchev–Trinajstić information content (AvgIpc) is 2.97. The van der Waals surface area contributed by atoms with E-state index in [1.54, 1.807) is 12.1 Å². The number of hydrogen-bond acceptors (Lipinski definition) is 2. The first-order chi connectivity index (χ1) is 12.5. The number of aryl methyl sites for hydroxylation is 2. The van der Waals surface area contributed by atoms with Gasteiger partial charge in [-0.05, 0) is 38.1 Å². The number of anilines is 1. The van der Waals surface area contributed by atoms with Crippen molar-refractivity contribution in [2.24, 2.45) is 0 Å². The SMILES string of the molecule is C=CCNC(=O)c1[nH]c2ccc(C)cc2c1NC(=O)c1cccc(C)c1. The van der Waals surface area contributed by atoms with E-state index in [4.69, 9.17) is 0 Å². The van der Waals surface area contributed by atoms with Crippen molar-refractivity contribution in [2.45, 2.75) is 13.8 Å². The molecule has 1 heterocycles. The Morgan fingerprint density at radius 2 is 1.85 bits per heavy atom. The van der Waals surface area contributed by atoms with Gasteiger partial charge in [0.2, 0.25) is 0 Å². The van der Waals surface area contributed by atoms with Crippen molar-refractivity contribution in [3.63, 3.8) is 0 Å². The number of carbonyl (C=O) groups excluding carboxylic acids is 2. The van der Waals surface area contributed by atoms with Crippen LogP contribution in [0.4, 0.5) is 5.69 Å². The molecular weight excluding hydrogens is 326 g/mol. The molecule has 5 heteroatoms. The smallest absolute Gasteiger partial charge is 0.270 e. The Balaban J connectivity index is 2.04. The number of rotatable bonds is 5. The van der Waals surface area contributed by atoms with Gasteiger partial charge < -0.3 is 15.6 Å². The molecule has 2 aromatic carbocycles. The maximum absolute atomic E-state index is 12.7.